The molecule has 0 saturated carbocycles. The number of H-pyrrole nitrogens is 1. The molecule has 2 aliphatic heterocycles. The molecule has 4 unspecified atom stereocenters. The summed E-state index contributed by atoms with van der Waals surface area (Å²) in [5, 5.41) is 1.45. The standard InChI is InChI=1S/C19H22N2/c1-12-10-16-15-8-4-5-9-17(15)20-18(16)19-14-7-3-2-6-13(14)11-21(12)19/h2-5,8-9,12-14,19-20H,6-7,10-11H2,1H3. The summed E-state index contributed by atoms with van der Waals surface area (Å²) in [7, 11) is 0. The fraction of sp³-hybridized carbons (Fsp3) is 0.474. The highest BCUT2D eigenvalue weighted by Crippen LogP contribution is 2.51. The minimum absolute atomic E-state index is 0.617. The molecule has 1 aromatic carbocycles. The van der Waals surface area contributed by atoms with E-state index >= 15 is 0 Å². The molecule has 3 aliphatic rings. The van der Waals surface area contributed by atoms with E-state index in [4.69, 9.17) is 0 Å². The van der Waals surface area contributed by atoms with Crippen LogP contribution in [-0.2, 0) is 6.42 Å². The normalized spacial score (nSPS) is 34.7. The molecule has 3 heterocycles. The maximum Gasteiger partial charge on any atom is 0.0538 e. The summed E-state index contributed by atoms with van der Waals surface area (Å²) in [5.74, 6) is 1.67. The fourth-order valence-corrected chi connectivity index (χ4v) is 5.06. The van der Waals surface area contributed by atoms with Crippen LogP contribution in [0.3, 0.4) is 0 Å². The Labute approximate surface area is 125 Å². The van der Waals surface area contributed by atoms with E-state index in [1.54, 1.807) is 5.56 Å². The quantitative estimate of drug-likeness (QED) is 0.720. The number of benzene rings is 1. The van der Waals surface area contributed by atoms with Gasteiger partial charge in [0.1, 0.15) is 0 Å². The van der Waals surface area contributed by atoms with Gasteiger partial charge in [0, 0.05) is 29.2 Å². The summed E-state index contributed by atoms with van der Waals surface area (Å²) in [6, 6.07) is 10.1. The van der Waals surface area contributed by atoms with Gasteiger partial charge in [-0.15, -0.1) is 0 Å². The van der Waals surface area contributed by atoms with Crippen molar-refractivity contribution in [2.24, 2.45) is 11.8 Å². The first-order valence-electron chi connectivity index (χ1n) is 8.33. The van der Waals surface area contributed by atoms with E-state index in [9.17, 15) is 0 Å². The Hall–Kier alpha value is -1.54. The van der Waals surface area contributed by atoms with Crippen molar-refractivity contribution in [1.29, 1.82) is 0 Å². The Morgan fingerprint density at radius 1 is 1.14 bits per heavy atom. The maximum absolute atomic E-state index is 3.78. The number of aromatic nitrogens is 1. The Bertz CT molecular complexity index is 726. The van der Waals surface area contributed by atoms with E-state index in [0.29, 0.717) is 12.1 Å². The number of hydrogen-bond acceptors (Lipinski definition) is 1. The van der Waals surface area contributed by atoms with Gasteiger partial charge >= 0.3 is 0 Å². The van der Waals surface area contributed by atoms with Gasteiger partial charge in [-0.1, -0.05) is 30.4 Å². The summed E-state index contributed by atoms with van der Waals surface area (Å²) in [5.41, 5.74) is 4.44. The van der Waals surface area contributed by atoms with Crippen LogP contribution in [0.2, 0.25) is 0 Å². The lowest BCUT2D eigenvalue weighted by molar-refractivity contribution is 0.153. The zero-order valence-electron chi connectivity index (χ0n) is 12.5. The van der Waals surface area contributed by atoms with Crippen molar-refractivity contribution in [1.82, 2.24) is 9.88 Å². The fourth-order valence-electron chi connectivity index (χ4n) is 5.06. The molecule has 4 atom stereocenters. The molecule has 2 nitrogen and oxygen atoms in total. The Kier molecular flexibility index (Phi) is 2.43. The molecular formula is C19H22N2. The molecule has 0 amide bonds. The second kappa shape index (κ2) is 4.23. The summed E-state index contributed by atoms with van der Waals surface area (Å²) >= 11 is 0. The first-order valence-corrected chi connectivity index (χ1v) is 8.33. The molecule has 2 heteroatoms. The van der Waals surface area contributed by atoms with Crippen LogP contribution in [0.25, 0.3) is 10.9 Å². The predicted octanol–water partition coefficient (Wildman–Crippen LogP) is 4.05. The lowest BCUT2D eigenvalue weighted by atomic mass is 9.79. The number of rotatable bonds is 0. The van der Waals surface area contributed by atoms with Crippen LogP contribution in [-0.4, -0.2) is 22.5 Å². The average Bonchev–Trinajstić information content (AvgIpc) is 3.06. The molecule has 1 aromatic heterocycles. The Morgan fingerprint density at radius 3 is 2.95 bits per heavy atom. The third kappa shape index (κ3) is 1.57. The minimum atomic E-state index is 0.617. The van der Waals surface area contributed by atoms with Gasteiger partial charge in [-0.2, -0.15) is 0 Å². The summed E-state index contributed by atoms with van der Waals surface area (Å²) in [4.78, 5) is 6.55. The summed E-state index contributed by atoms with van der Waals surface area (Å²) in [6.45, 7) is 3.71. The second-order valence-electron chi connectivity index (χ2n) is 7.12. The number of para-hydroxylation sites is 1. The molecule has 0 radical (unpaired) electrons. The highest BCUT2D eigenvalue weighted by molar-refractivity contribution is 5.85. The van der Waals surface area contributed by atoms with E-state index in [-0.39, 0.29) is 0 Å². The van der Waals surface area contributed by atoms with Gasteiger partial charge in [0.15, 0.2) is 0 Å². The van der Waals surface area contributed by atoms with E-state index < -0.39 is 0 Å². The lowest BCUT2D eigenvalue weighted by Crippen LogP contribution is -2.39. The smallest absolute Gasteiger partial charge is 0.0538 e. The number of nitrogens with zero attached hydrogens (tertiary/aromatic N) is 1. The molecule has 1 fully saturated rings. The minimum Gasteiger partial charge on any atom is -0.357 e. The van der Waals surface area contributed by atoms with Gasteiger partial charge in [0.05, 0.1) is 6.04 Å². The average molecular weight is 278 g/mol. The lowest BCUT2D eigenvalue weighted by Gasteiger charge is -2.37. The second-order valence-corrected chi connectivity index (χ2v) is 7.12. The molecule has 1 aliphatic carbocycles. The van der Waals surface area contributed by atoms with Gasteiger partial charge < -0.3 is 4.98 Å². The molecule has 21 heavy (non-hydrogen) atoms. The molecule has 2 aromatic rings. The van der Waals surface area contributed by atoms with Crippen LogP contribution in [0.1, 0.15) is 37.1 Å². The third-order valence-corrected chi connectivity index (χ3v) is 6.04. The number of aromatic amines is 1. The molecule has 108 valence electrons. The largest absolute Gasteiger partial charge is 0.357 e. The SMILES string of the molecule is CC1Cc2c([nH]c3ccccc23)C2C3CC=CCC3CN12. The molecule has 5 rings (SSSR count). The van der Waals surface area contributed by atoms with Gasteiger partial charge in [0.25, 0.3) is 0 Å². The van der Waals surface area contributed by atoms with Crippen LogP contribution in [0.5, 0.6) is 0 Å². The van der Waals surface area contributed by atoms with Crippen molar-refractivity contribution in [2.45, 2.75) is 38.3 Å². The van der Waals surface area contributed by atoms with Crippen molar-refractivity contribution < 1.29 is 0 Å². The molecule has 0 bridgehead atoms. The highest BCUT2D eigenvalue weighted by atomic mass is 15.2. The van der Waals surface area contributed by atoms with Gasteiger partial charge in [-0.05, 0) is 49.7 Å². The Balaban J connectivity index is 1.70. The number of hydrogen-bond donors (Lipinski definition) is 1. The van der Waals surface area contributed by atoms with Crippen LogP contribution in [0, 0.1) is 11.8 Å². The van der Waals surface area contributed by atoms with Gasteiger partial charge in [-0.25, -0.2) is 0 Å². The Morgan fingerprint density at radius 2 is 2.00 bits per heavy atom. The zero-order valence-corrected chi connectivity index (χ0v) is 12.5. The first-order chi connectivity index (χ1) is 10.3. The zero-order chi connectivity index (χ0) is 14.0. The van der Waals surface area contributed by atoms with E-state index in [2.05, 4.69) is 53.2 Å². The van der Waals surface area contributed by atoms with Crippen LogP contribution in [0.15, 0.2) is 36.4 Å². The van der Waals surface area contributed by atoms with Crippen molar-refractivity contribution >= 4 is 10.9 Å². The third-order valence-electron chi connectivity index (χ3n) is 6.04. The van der Waals surface area contributed by atoms with E-state index in [0.717, 1.165) is 11.8 Å². The van der Waals surface area contributed by atoms with Gasteiger partial charge in [0.2, 0.25) is 0 Å². The van der Waals surface area contributed by atoms with Crippen molar-refractivity contribution in [3.8, 4) is 0 Å². The molecule has 1 saturated heterocycles. The van der Waals surface area contributed by atoms with Crippen molar-refractivity contribution in [2.75, 3.05) is 6.54 Å². The molecule has 0 spiro atoms. The monoisotopic (exact) mass is 278 g/mol. The van der Waals surface area contributed by atoms with Crippen LogP contribution in [0.4, 0.5) is 0 Å². The highest BCUT2D eigenvalue weighted by Gasteiger charge is 2.47. The summed E-state index contributed by atoms with van der Waals surface area (Å²) in [6.07, 6.45) is 8.54. The number of nitrogens with one attached hydrogen (secondary N) is 1. The summed E-state index contributed by atoms with van der Waals surface area (Å²) < 4.78 is 0. The number of allylic oxidation sites excluding steroid dienone is 2. The first kappa shape index (κ1) is 12.0. The molecule has 1 N–H and O–H groups in total. The van der Waals surface area contributed by atoms with E-state index in [1.165, 1.54) is 42.4 Å². The van der Waals surface area contributed by atoms with Crippen LogP contribution < -0.4 is 0 Å². The van der Waals surface area contributed by atoms with E-state index in [1.807, 2.05) is 0 Å². The van der Waals surface area contributed by atoms with Crippen LogP contribution >= 0.6 is 0 Å². The maximum atomic E-state index is 3.78. The predicted molar refractivity (Wildman–Crippen MR) is 86.3 cm³/mol. The van der Waals surface area contributed by atoms with Crippen molar-refractivity contribution in [3.05, 3.63) is 47.7 Å². The number of fused-ring (bicyclic) bond motifs is 7. The van der Waals surface area contributed by atoms with Gasteiger partial charge in [-0.3, -0.25) is 4.90 Å². The molecular weight excluding hydrogens is 256 g/mol. The topological polar surface area (TPSA) is 19.0 Å². The van der Waals surface area contributed by atoms with Crippen molar-refractivity contribution in [3.63, 3.8) is 0 Å².